The molecule has 1 fully saturated rings. The molecule has 1 saturated carbocycles. The Bertz CT molecular complexity index is 432. The second-order valence-electron chi connectivity index (χ2n) is 5.35. The molecule has 1 aliphatic rings. The maximum absolute atomic E-state index is 14.3. The van der Waals surface area contributed by atoms with Crippen molar-refractivity contribution in [3.63, 3.8) is 0 Å². The lowest BCUT2D eigenvalue weighted by molar-refractivity contribution is 0.303. The van der Waals surface area contributed by atoms with Crippen molar-refractivity contribution in [2.45, 2.75) is 44.6 Å². The summed E-state index contributed by atoms with van der Waals surface area (Å²) in [5.41, 5.74) is 0.682. The van der Waals surface area contributed by atoms with E-state index in [4.69, 9.17) is 11.6 Å². The summed E-state index contributed by atoms with van der Waals surface area (Å²) < 4.78 is 14.9. The first-order chi connectivity index (χ1) is 9.13. The third-order valence-electron chi connectivity index (χ3n) is 4.08. The van der Waals surface area contributed by atoms with Crippen LogP contribution in [0.25, 0.3) is 0 Å². The van der Waals surface area contributed by atoms with Crippen LogP contribution in [0.2, 0.25) is 5.02 Å². The molecule has 1 aromatic carbocycles. The minimum absolute atomic E-state index is 0.0497. The van der Waals surface area contributed by atoms with E-state index in [2.05, 4.69) is 21.2 Å². The van der Waals surface area contributed by atoms with Gasteiger partial charge in [-0.05, 0) is 41.4 Å². The van der Waals surface area contributed by atoms with E-state index < -0.39 is 0 Å². The predicted octanol–water partition coefficient (Wildman–Crippen LogP) is 5.47. The van der Waals surface area contributed by atoms with Gasteiger partial charge in [0.05, 0.1) is 5.02 Å². The first kappa shape index (κ1) is 15.3. The Kier molecular flexibility index (Phi) is 5.67. The maximum atomic E-state index is 14.3. The van der Waals surface area contributed by atoms with E-state index in [1.54, 1.807) is 0 Å². The number of rotatable bonds is 4. The molecule has 1 nitrogen and oxygen atoms in total. The molecule has 0 bridgehead atoms. The highest BCUT2D eigenvalue weighted by molar-refractivity contribution is 9.10. The maximum Gasteiger partial charge on any atom is 0.147 e. The van der Waals surface area contributed by atoms with Crippen LogP contribution in [0.3, 0.4) is 0 Å². The van der Waals surface area contributed by atoms with Gasteiger partial charge in [0.1, 0.15) is 5.82 Å². The van der Waals surface area contributed by atoms with E-state index in [0.29, 0.717) is 16.0 Å². The van der Waals surface area contributed by atoms with Crippen molar-refractivity contribution < 1.29 is 4.39 Å². The molecule has 1 aromatic rings. The van der Waals surface area contributed by atoms with Crippen molar-refractivity contribution in [2.75, 3.05) is 7.05 Å². The highest BCUT2D eigenvalue weighted by atomic mass is 79.9. The molecule has 0 spiro atoms. The van der Waals surface area contributed by atoms with Crippen LogP contribution in [-0.2, 0) is 0 Å². The molecule has 0 radical (unpaired) electrons. The summed E-state index contributed by atoms with van der Waals surface area (Å²) in [6, 6.07) is 3.70. The first-order valence-electron chi connectivity index (χ1n) is 6.94. The minimum Gasteiger partial charge on any atom is -0.313 e. The van der Waals surface area contributed by atoms with Crippen LogP contribution < -0.4 is 5.32 Å². The van der Waals surface area contributed by atoms with E-state index in [-0.39, 0.29) is 16.9 Å². The molecule has 4 heteroatoms. The third-order valence-corrected chi connectivity index (χ3v) is 5.34. The van der Waals surface area contributed by atoms with Crippen LogP contribution in [0, 0.1) is 11.7 Å². The number of hydrogen-bond donors (Lipinski definition) is 1. The van der Waals surface area contributed by atoms with Crippen LogP contribution in [0.5, 0.6) is 0 Å². The smallest absolute Gasteiger partial charge is 0.147 e. The molecule has 1 aliphatic carbocycles. The monoisotopic (exact) mass is 347 g/mol. The quantitative estimate of drug-likeness (QED) is 0.711. The van der Waals surface area contributed by atoms with Gasteiger partial charge in [-0.3, -0.25) is 0 Å². The van der Waals surface area contributed by atoms with Crippen molar-refractivity contribution in [1.29, 1.82) is 0 Å². The Morgan fingerprint density at radius 3 is 2.68 bits per heavy atom. The van der Waals surface area contributed by atoms with Crippen LogP contribution in [0.1, 0.15) is 50.1 Å². The summed E-state index contributed by atoms with van der Waals surface area (Å²) in [6.45, 7) is 0. The second-order valence-corrected chi connectivity index (χ2v) is 6.58. The standard InChI is InChI=1S/C15H20BrClFN/c1-19-13(9-10-5-3-2-4-6-10)11-7-8-12(16)14(17)15(11)18/h7-8,10,13,19H,2-6,9H2,1H3. The zero-order chi connectivity index (χ0) is 13.8. The Balaban J connectivity index is 2.14. The van der Waals surface area contributed by atoms with Gasteiger partial charge < -0.3 is 5.32 Å². The molecule has 106 valence electrons. The molecule has 0 aliphatic heterocycles. The van der Waals surface area contributed by atoms with Crippen LogP contribution >= 0.6 is 27.5 Å². The van der Waals surface area contributed by atoms with Crippen molar-refractivity contribution in [1.82, 2.24) is 5.32 Å². The van der Waals surface area contributed by atoms with Crippen molar-refractivity contribution in [2.24, 2.45) is 5.92 Å². The molecule has 0 heterocycles. The highest BCUT2D eigenvalue weighted by Gasteiger charge is 2.22. The fourth-order valence-electron chi connectivity index (χ4n) is 2.97. The summed E-state index contributed by atoms with van der Waals surface area (Å²) in [5, 5.41) is 3.42. The lowest BCUT2D eigenvalue weighted by Gasteiger charge is -2.27. The Labute approximate surface area is 128 Å². The van der Waals surface area contributed by atoms with Gasteiger partial charge in [-0.2, -0.15) is 0 Å². The summed E-state index contributed by atoms with van der Waals surface area (Å²) in [7, 11) is 1.89. The average Bonchev–Trinajstić information content (AvgIpc) is 2.44. The Morgan fingerprint density at radius 1 is 1.37 bits per heavy atom. The van der Waals surface area contributed by atoms with Gasteiger partial charge in [0.15, 0.2) is 0 Å². The zero-order valence-electron chi connectivity index (χ0n) is 11.2. The third kappa shape index (κ3) is 3.71. The molecule has 1 N–H and O–H groups in total. The van der Waals surface area contributed by atoms with E-state index in [1.807, 2.05) is 19.2 Å². The lowest BCUT2D eigenvalue weighted by Crippen LogP contribution is -2.22. The van der Waals surface area contributed by atoms with E-state index in [1.165, 1.54) is 32.1 Å². The molecule has 1 unspecified atom stereocenters. The number of hydrogen-bond acceptors (Lipinski definition) is 1. The van der Waals surface area contributed by atoms with Gasteiger partial charge in [-0.25, -0.2) is 4.39 Å². The SMILES string of the molecule is CNC(CC1CCCCC1)c1ccc(Br)c(Cl)c1F. The van der Waals surface area contributed by atoms with Crippen LogP contribution in [0.4, 0.5) is 4.39 Å². The zero-order valence-corrected chi connectivity index (χ0v) is 13.5. The molecule has 0 amide bonds. The molecular formula is C15H20BrClFN. The molecule has 19 heavy (non-hydrogen) atoms. The fourth-order valence-corrected chi connectivity index (χ4v) is 3.44. The largest absolute Gasteiger partial charge is 0.313 e. The fraction of sp³-hybridized carbons (Fsp3) is 0.600. The van der Waals surface area contributed by atoms with Gasteiger partial charge >= 0.3 is 0 Å². The average molecular weight is 349 g/mol. The molecule has 0 aromatic heterocycles. The minimum atomic E-state index is -0.300. The molecule has 2 rings (SSSR count). The summed E-state index contributed by atoms with van der Waals surface area (Å²) in [5.74, 6) is 0.402. The normalized spacial score (nSPS) is 18.5. The van der Waals surface area contributed by atoms with Crippen molar-refractivity contribution >= 4 is 27.5 Å². The van der Waals surface area contributed by atoms with Crippen molar-refractivity contribution in [3.8, 4) is 0 Å². The molecule has 1 atom stereocenters. The van der Waals surface area contributed by atoms with Gasteiger partial charge in [-0.1, -0.05) is 49.8 Å². The summed E-state index contributed by atoms with van der Waals surface area (Å²) in [4.78, 5) is 0. The topological polar surface area (TPSA) is 12.0 Å². The second kappa shape index (κ2) is 7.05. The van der Waals surface area contributed by atoms with Gasteiger partial charge in [-0.15, -0.1) is 0 Å². The van der Waals surface area contributed by atoms with Gasteiger partial charge in [0, 0.05) is 16.1 Å². The van der Waals surface area contributed by atoms with Crippen molar-refractivity contribution in [3.05, 3.63) is 33.0 Å². The van der Waals surface area contributed by atoms with Crippen LogP contribution in [0.15, 0.2) is 16.6 Å². The number of nitrogens with one attached hydrogen (secondary N) is 1. The lowest BCUT2D eigenvalue weighted by atomic mass is 9.83. The number of halogens is 3. The highest BCUT2D eigenvalue weighted by Crippen LogP contribution is 2.35. The molecule has 0 saturated heterocycles. The molecular weight excluding hydrogens is 329 g/mol. The Hall–Kier alpha value is -0.120. The number of benzene rings is 1. The summed E-state index contributed by atoms with van der Waals surface area (Å²) in [6.07, 6.45) is 7.49. The van der Waals surface area contributed by atoms with E-state index in [9.17, 15) is 4.39 Å². The van der Waals surface area contributed by atoms with Gasteiger partial charge in [0.2, 0.25) is 0 Å². The Morgan fingerprint density at radius 2 is 2.05 bits per heavy atom. The van der Waals surface area contributed by atoms with Gasteiger partial charge in [0.25, 0.3) is 0 Å². The van der Waals surface area contributed by atoms with E-state index >= 15 is 0 Å². The van der Waals surface area contributed by atoms with Crippen LogP contribution in [-0.4, -0.2) is 7.05 Å². The van der Waals surface area contributed by atoms with E-state index in [0.717, 1.165) is 6.42 Å². The predicted molar refractivity (Wildman–Crippen MR) is 82.1 cm³/mol. The first-order valence-corrected chi connectivity index (χ1v) is 8.11. The summed E-state index contributed by atoms with van der Waals surface area (Å²) >= 11 is 9.23.